The molecule has 0 radical (unpaired) electrons. The summed E-state index contributed by atoms with van der Waals surface area (Å²) in [5, 5.41) is 12.3. The third-order valence-corrected chi connectivity index (χ3v) is 3.34. The topological polar surface area (TPSA) is 61.8 Å². The van der Waals surface area contributed by atoms with Gasteiger partial charge in [-0.3, -0.25) is 4.79 Å². The quantitative estimate of drug-likeness (QED) is 0.873. The van der Waals surface area contributed by atoms with Crippen molar-refractivity contribution in [2.45, 2.75) is 6.10 Å². The van der Waals surface area contributed by atoms with Gasteiger partial charge in [-0.1, -0.05) is 11.6 Å². The Hall–Kier alpha value is -1.30. The standard InChI is InChI=1S/C13H17ClN2O3/c1-16-4-5-19-10(8-16)7-15-13(18)11-3-2-9(17)6-12(11)14/h2-3,6,10,17H,4-5,7-8H2,1H3,(H,15,18). The summed E-state index contributed by atoms with van der Waals surface area (Å²) in [7, 11) is 2.02. The molecule has 2 rings (SSSR count). The molecule has 1 heterocycles. The Morgan fingerprint density at radius 1 is 1.63 bits per heavy atom. The second-order valence-corrected chi connectivity index (χ2v) is 5.04. The largest absolute Gasteiger partial charge is 0.508 e. The molecule has 104 valence electrons. The molecule has 19 heavy (non-hydrogen) atoms. The second kappa shape index (κ2) is 6.23. The molecule has 1 aliphatic rings. The van der Waals surface area contributed by atoms with Crippen LogP contribution in [0.1, 0.15) is 10.4 Å². The van der Waals surface area contributed by atoms with Crippen molar-refractivity contribution >= 4 is 17.5 Å². The van der Waals surface area contributed by atoms with E-state index < -0.39 is 0 Å². The first-order valence-corrected chi connectivity index (χ1v) is 6.51. The molecule has 0 aromatic heterocycles. The first-order valence-electron chi connectivity index (χ1n) is 6.13. The van der Waals surface area contributed by atoms with E-state index in [1.165, 1.54) is 18.2 Å². The number of hydrogen-bond acceptors (Lipinski definition) is 4. The maximum absolute atomic E-state index is 12.0. The molecule has 0 aliphatic carbocycles. The van der Waals surface area contributed by atoms with E-state index in [1.54, 1.807) is 0 Å². The van der Waals surface area contributed by atoms with Crippen molar-refractivity contribution in [3.63, 3.8) is 0 Å². The molecular formula is C13H17ClN2O3. The predicted octanol–water partition coefficient (Wildman–Crippen LogP) is 1.11. The highest BCUT2D eigenvalue weighted by molar-refractivity contribution is 6.34. The fourth-order valence-corrected chi connectivity index (χ4v) is 2.24. The number of aromatic hydroxyl groups is 1. The number of likely N-dealkylation sites (N-methyl/N-ethyl adjacent to an activating group) is 1. The number of benzene rings is 1. The van der Waals surface area contributed by atoms with Crippen LogP contribution in [-0.4, -0.2) is 55.3 Å². The Labute approximate surface area is 117 Å². The molecule has 1 atom stereocenters. The number of morpholine rings is 1. The Bertz CT molecular complexity index is 467. The van der Waals surface area contributed by atoms with Crippen molar-refractivity contribution in [1.82, 2.24) is 10.2 Å². The van der Waals surface area contributed by atoms with Gasteiger partial charge in [0.05, 0.1) is 23.3 Å². The van der Waals surface area contributed by atoms with Gasteiger partial charge in [-0.15, -0.1) is 0 Å². The Kier molecular flexibility index (Phi) is 4.63. The molecule has 0 spiro atoms. The number of hydrogen-bond donors (Lipinski definition) is 2. The van der Waals surface area contributed by atoms with Gasteiger partial charge in [0, 0.05) is 19.6 Å². The molecular weight excluding hydrogens is 268 g/mol. The van der Waals surface area contributed by atoms with Crippen LogP contribution in [0.15, 0.2) is 18.2 Å². The zero-order chi connectivity index (χ0) is 13.8. The summed E-state index contributed by atoms with van der Waals surface area (Å²) in [6, 6.07) is 4.29. The van der Waals surface area contributed by atoms with E-state index in [2.05, 4.69) is 10.2 Å². The van der Waals surface area contributed by atoms with Crippen molar-refractivity contribution in [2.24, 2.45) is 0 Å². The van der Waals surface area contributed by atoms with Gasteiger partial charge < -0.3 is 20.1 Å². The van der Waals surface area contributed by atoms with Gasteiger partial charge in [0.1, 0.15) is 5.75 Å². The van der Waals surface area contributed by atoms with Crippen molar-refractivity contribution in [3.8, 4) is 5.75 Å². The summed E-state index contributed by atoms with van der Waals surface area (Å²) < 4.78 is 5.55. The third-order valence-electron chi connectivity index (χ3n) is 3.03. The fraction of sp³-hybridized carbons (Fsp3) is 0.462. The monoisotopic (exact) mass is 284 g/mol. The molecule has 1 amide bonds. The minimum atomic E-state index is -0.262. The van der Waals surface area contributed by atoms with Gasteiger partial charge in [-0.2, -0.15) is 0 Å². The minimum Gasteiger partial charge on any atom is -0.508 e. The lowest BCUT2D eigenvalue weighted by Gasteiger charge is -2.30. The number of rotatable bonds is 3. The molecule has 1 aliphatic heterocycles. The van der Waals surface area contributed by atoms with Gasteiger partial charge in [0.25, 0.3) is 5.91 Å². The van der Waals surface area contributed by atoms with Crippen LogP contribution in [0.4, 0.5) is 0 Å². The Balaban J connectivity index is 1.90. The zero-order valence-electron chi connectivity index (χ0n) is 10.7. The van der Waals surface area contributed by atoms with E-state index in [1.807, 2.05) is 7.05 Å². The summed E-state index contributed by atoms with van der Waals surface area (Å²) >= 11 is 5.91. The van der Waals surface area contributed by atoms with E-state index in [-0.39, 0.29) is 22.8 Å². The number of carbonyl (C=O) groups is 1. The highest BCUT2D eigenvalue weighted by Gasteiger charge is 2.19. The van der Waals surface area contributed by atoms with Gasteiger partial charge >= 0.3 is 0 Å². The highest BCUT2D eigenvalue weighted by atomic mass is 35.5. The normalized spacial score (nSPS) is 20.2. The van der Waals surface area contributed by atoms with E-state index in [0.29, 0.717) is 18.7 Å². The summed E-state index contributed by atoms with van der Waals surface area (Å²) in [4.78, 5) is 14.1. The first-order chi connectivity index (χ1) is 9.06. The average Bonchev–Trinajstić information content (AvgIpc) is 2.36. The Morgan fingerprint density at radius 2 is 2.42 bits per heavy atom. The van der Waals surface area contributed by atoms with Gasteiger partial charge in [0.15, 0.2) is 0 Å². The predicted molar refractivity (Wildman–Crippen MR) is 72.7 cm³/mol. The molecule has 1 unspecified atom stereocenters. The third kappa shape index (κ3) is 3.83. The van der Waals surface area contributed by atoms with Crippen molar-refractivity contribution in [1.29, 1.82) is 0 Å². The molecule has 1 aromatic carbocycles. The first kappa shape index (κ1) is 14.1. The van der Waals surface area contributed by atoms with Crippen molar-refractivity contribution < 1.29 is 14.6 Å². The second-order valence-electron chi connectivity index (χ2n) is 4.63. The van der Waals surface area contributed by atoms with Crippen LogP contribution in [0.25, 0.3) is 0 Å². The van der Waals surface area contributed by atoms with E-state index >= 15 is 0 Å². The molecule has 5 nitrogen and oxygen atoms in total. The molecule has 1 fully saturated rings. The van der Waals surface area contributed by atoms with Crippen molar-refractivity contribution in [2.75, 3.05) is 33.3 Å². The summed E-state index contributed by atoms with van der Waals surface area (Å²) in [6.07, 6.45) is -0.00131. The minimum absolute atomic E-state index is 0.00131. The number of nitrogens with one attached hydrogen (secondary N) is 1. The number of halogens is 1. The van der Waals surface area contributed by atoms with Crippen LogP contribution in [-0.2, 0) is 4.74 Å². The fourth-order valence-electron chi connectivity index (χ4n) is 1.98. The van der Waals surface area contributed by atoms with Gasteiger partial charge in [-0.25, -0.2) is 0 Å². The zero-order valence-corrected chi connectivity index (χ0v) is 11.5. The number of amides is 1. The van der Waals surface area contributed by atoms with E-state index in [4.69, 9.17) is 16.3 Å². The van der Waals surface area contributed by atoms with Crippen molar-refractivity contribution in [3.05, 3.63) is 28.8 Å². The summed E-state index contributed by atoms with van der Waals surface area (Å²) in [5.41, 5.74) is 0.351. The SMILES string of the molecule is CN1CCOC(CNC(=O)c2ccc(O)cc2Cl)C1. The van der Waals surface area contributed by atoms with E-state index in [9.17, 15) is 9.90 Å². The lowest BCUT2D eigenvalue weighted by molar-refractivity contribution is -0.0175. The number of ether oxygens (including phenoxy) is 1. The summed E-state index contributed by atoms with van der Waals surface area (Å²) in [6.45, 7) is 2.83. The number of nitrogens with zero attached hydrogens (tertiary/aromatic N) is 1. The molecule has 1 saturated heterocycles. The van der Waals surface area contributed by atoms with Crippen LogP contribution in [0.5, 0.6) is 5.75 Å². The molecule has 0 saturated carbocycles. The van der Waals surface area contributed by atoms with E-state index in [0.717, 1.165) is 13.1 Å². The van der Waals surface area contributed by atoms with Gasteiger partial charge in [0.2, 0.25) is 0 Å². The average molecular weight is 285 g/mol. The highest BCUT2D eigenvalue weighted by Crippen LogP contribution is 2.21. The van der Waals surface area contributed by atoms with Gasteiger partial charge in [-0.05, 0) is 25.2 Å². The molecule has 1 aromatic rings. The maximum atomic E-state index is 12.0. The van der Waals surface area contributed by atoms with Crippen LogP contribution in [0.3, 0.4) is 0 Å². The van der Waals surface area contributed by atoms with Crippen LogP contribution >= 0.6 is 11.6 Å². The van der Waals surface area contributed by atoms with Crippen LogP contribution < -0.4 is 5.32 Å². The molecule has 2 N–H and O–H groups in total. The number of phenolic OH excluding ortho intramolecular Hbond substituents is 1. The maximum Gasteiger partial charge on any atom is 0.252 e. The lowest BCUT2D eigenvalue weighted by atomic mass is 10.2. The molecule has 6 heteroatoms. The summed E-state index contributed by atoms with van der Waals surface area (Å²) in [5.74, 6) is -0.222. The molecule has 0 bridgehead atoms. The smallest absolute Gasteiger partial charge is 0.252 e. The van der Waals surface area contributed by atoms with Crippen LogP contribution in [0.2, 0.25) is 5.02 Å². The number of carbonyl (C=O) groups excluding carboxylic acids is 1. The lowest BCUT2D eigenvalue weighted by Crippen LogP contribution is -2.45. The number of phenols is 1. The van der Waals surface area contributed by atoms with Crippen LogP contribution in [0, 0.1) is 0 Å². The Morgan fingerprint density at radius 3 is 3.11 bits per heavy atom.